The number of carbonyl (C=O) groups is 1. The maximum atomic E-state index is 12.9. The van der Waals surface area contributed by atoms with Crippen LogP contribution in [0.1, 0.15) is 5.56 Å². The number of aliphatic hydroxyl groups excluding tert-OH is 1. The van der Waals surface area contributed by atoms with Crippen molar-refractivity contribution in [3.63, 3.8) is 0 Å². The minimum Gasteiger partial charge on any atom is -0.508 e. The molecule has 1 aromatic rings. The highest BCUT2D eigenvalue weighted by molar-refractivity contribution is 5.96. The van der Waals surface area contributed by atoms with Crippen LogP contribution in [0.4, 0.5) is 37.7 Å². The van der Waals surface area contributed by atoms with Crippen LogP contribution in [0.2, 0.25) is 0 Å². The van der Waals surface area contributed by atoms with E-state index >= 15 is 0 Å². The summed E-state index contributed by atoms with van der Waals surface area (Å²) in [5.74, 6) is -2.89. The van der Waals surface area contributed by atoms with Gasteiger partial charge in [-0.15, -0.1) is 0 Å². The van der Waals surface area contributed by atoms with Gasteiger partial charge in [0, 0.05) is 18.3 Å². The molecule has 1 amide bonds. The first-order valence-corrected chi connectivity index (χ1v) is 6.14. The van der Waals surface area contributed by atoms with Crippen LogP contribution < -0.4 is 10.2 Å². The molecular formula is C13H10F6N2O2. The van der Waals surface area contributed by atoms with Crippen LogP contribution in [0.3, 0.4) is 0 Å². The van der Waals surface area contributed by atoms with Crippen molar-refractivity contribution in [3.8, 4) is 0 Å². The third-order valence-corrected chi connectivity index (χ3v) is 3.24. The zero-order valence-corrected chi connectivity index (χ0v) is 11.5. The molecule has 126 valence electrons. The van der Waals surface area contributed by atoms with Crippen molar-refractivity contribution in [2.75, 3.05) is 17.3 Å². The number of hydrogen-bond donors (Lipinski definition) is 2. The van der Waals surface area contributed by atoms with Crippen LogP contribution >= 0.6 is 0 Å². The van der Waals surface area contributed by atoms with E-state index in [1.54, 1.807) is 5.32 Å². The van der Waals surface area contributed by atoms with Crippen molar-refractivity contribution in [2.45, 2.75) is 18.4 Å². The van der Waals surface area contributed by atoms with Gasteiger partial charge in [0.2, 0.25) is 0 Å². The summed E-state index contributed by atoms with van der Waals surface area (Å²) < 4.78 is 75.4. The molecule has 1 aliphatic rings. The first-order valence-electron chi connectivity index (χ1n) is 6.14. The van der Waals surface area contributed by atoms with Crippen molar-refractivity contribution >= 4 is 23.0 Å². The van der Waals surface area contributed by atoms with E-state index in [2.05, 4.69) is 0 Å². The monoisotopic (exact) mass is 340 g/mol. The highest BCUT2D eigenvalue weighted by atomic mass is 19.4. The number of hydrogen-bond acceptors (Lipinski definition) is 3. The van der Waals surface area contributed by atoms with Gasteiger partial charge >= 0.3 is 18.3 Å². The van der Waals surface area contributed by atoms with Gasteiger partial charge in [-0.25, -0.2) is 0 Å². The molecule has 0 aromatic heterocycles. The average Bonchev–Trinajstić information content (AvgIpc) is 2.40. The van der Waals surface area contributed by atoms with E-state index in [1.165, 1.54) is 0 Å². The molecule has 1 aliphatic heterocycles. The molecular weight excluding hydrogens is 330 g/mol. The Morgan fingerprint density at radius 3 is 2.35 bits per heavy atom. The van der Waals surface area contributed by atoms with Crippen molar-refractivity contribution in [3.05, 3.63) is 29.8 Å². The Bertz CT molecular complexity index is 665. The van der Waals surface area contributed by atoms with Gasteiger partial charge in [0.25, 0.3) is 0 Å². The van der Waals surface area contributed by atoms with E-state index in [9.17, 15) is 36.2 Å². The normalized spacial score (nSPS) is 18.3. The smallest absolute Gasteiger partial charge is 0.471 e. The second-order valence-electron chi connectivity index (χ2n) is 4.83. The summed E-state index contributed by atoms with van der Waals surface area (Å²) in [4.78, 5) is 11.6. The van der Waals surface area contributed by atoms with Crippen molar-refractivity contribution in [2.24, 2.45) is 0 Å². The van der Waals surface area contributed by atoms with Crippen LogP contribution in [0.25, 0.3) is 5.76 Å². The van der Waals surface area contributed by atoms with Gasteiger partial charge in [0.15, 0.2) is 0 Å². The Labute approximate surface area is 126 Å². The lowest BCUT2D eigenvalue weighted by Gasteiger charge is -2.34. The second kappa shape index (κ2) is 5.36. The quantitative estimate of drug-likeness (QED) is 0.770. The molecule has 0 saturated heterocycles. The lowest BCUT2D eigenvalue weighted by Crippen LogP contribution is -2.44. The van der Waals surface area contributed by atoms with E-state index in [0.29, 0.717) is 6.08 Å². The number of rotatable bonds is 1. The highest BCUT2D eigenvalue weighted by Crippen LogP contribution is 2.39. The molecule has 1 heterocycles. The third kappa shape index (κ3) is 3.35. The predicted molar refractivity (Wildman–Crippen MR) is 70.0 cm³/mol. The van der Waals surface area contributed by atoms with Gasteiger partial charge in [0.1, 0.15) is 11.8 Å². The van der Waals surface area contributed by atoms with Gasteiger partial charge < -0.3 is 15.3 Å². The fraction of sp³-hybridized carbons (Fsp3) is 0.308. The standard InChI is InChI=1S/C13H10F6N2O2/c1-21-8-4-6(20-11(23)13(17,18)19)2-3-7(8)9(22)5-10(21)12(14,15)16/h2-5,10,22H,1H3,(H,20,23). The highest BCUT2D eigenvalue weighted by Gasteiger charge is 2.44. The van der Waals surface area contributed by atoms with Gasteiger partial charge in [-0.1, -0.05) is 0 Å². The van der Waals surface area contributed by atoms with Crippen LogP contribution in [0, 0.1) is 0 Å². The van der Waals surface area contributed by atoms with E-state index < -0.39 is 30.1 Å². The molecule has 1 unspecified atom stereocenters. The number of anilines is 2. The summed E-state index contributed by atoms with van der Waals surface area (Å²) in [6.07, 6.45) is -9.22. The minimum atomic E-state index is -5.13. The Hall–Kier alpha value is -2.39. The number of aliphatic hydroxyl groups is 1. The molecule has 0 saturated carbocycles. The van der Waals surface area contributed by atoms with Gasteiger partial charge in [0.05, 0.1) is 5.69 Å². The van der Waals surface area contributed by atoms with E-state index in [4.69, 9.17) is 0 Å². The topological polar surface area (TPSA) is 52.6 Å². The van der Waals surface area contributed by atoms with Crippen LogP contribution in [-0.2, 0) is 4.79 Å². The number of nitrogens with one attached hydrogen (secondary N) is 1. The second-order valence-corrected chi connectivity index (χ2v) is 4.83. The number of halogens is 6. The molecule has 23 heavy (non-hydrogen) atoms. The van der Waals surface area contributed by atoms with Crippen molar-refractivity contribution in [1.82, 2.24) is 0 Å². The summed E-state index contributed by atoms with van der Waals surface area (Å²) in [6, 6.07) is 0.967. The largest absolute Gasteiger partial charge is 0.508 e. The fourth-order valence-electron chi connectivity index (χ4n) is 2.13. The minimum absolute atomic E-state index is 0.0120. The molecule has 0 radical (unpaired) electrons. The lowest BCUT2D eigenvalue weighted by molar-refractivity contribution is -0.167. The number of carbonyl (C=O) groups excluding carboxylic acids is 1. The number of alkyl halides is 6. The maximum Gasteiger partial charge on any atom is 0.471 e. The number of fused-ring (bicyclic) bond motifs is 1. The average molecular weight is 340 g/mol. The molecule has 4 nitrogen and oxygen atoms in total. The van der Waals surface area contributed by atoms with Gasteiger partial charge in [-0.05, 0) is 24.3 Å². The van der Waals surface area contributed by atoms with Crippen molar-refractivity contribution in [1.29, 1.82) is 0 Å². The first-order chi connectivity index (χ1) is 10.4. The maximum absolute atomic E-state index is 12.9. The number of amides is 1. The van der Waals surface area contributed by atoms with Gasteiger partial charge in [-0.2, -0.15) is 26.3 Å². The molecule has 2 N–H and O–H groups in total. The molecule has 0 spiro atoms. The molecule has 1 atom stereocenters. The Morgan fingerprint density at radius 1 is 1.22 bits per heavy atom. The Balaban J connectivity index is 2.39. The predicted octanol–water partition coefficient (Wildman–Crippen LogP) is 3.47. The first kappa shape index (κ1) is 17.0. The number of benzene rings is 1. The molecule has 0 bridgehead atoms. The Kier molecular flexibility index (Phi) is 3.95. The van der Waals surface area contributed by atoms with Crippen molar-refractivity contribution < 1.29 is 36.2 Å². The molecule has 10 heteroatoms. The SMILES string of the molecule is CN1c2cc(NC(=O)C(F)(F)F)ccc2C(O)=CC1C(F)(F)F. The Morgan fingerprint density at radius 2 is 1.83 bits per heavy atom. The summed E-state index contributed by atoms with van der Waals surface area (Å²) in [7, 11) is 1.08. The molecule has 2 rings (SSSR count). The molecule has 0 aliphatic carbocycles. The van der Waals surface area contributed by atoms with Gasteiger partial charge in [-0.3, -0.25) is 4.79 Å². The molecule has 0 fully saturated rings. The van der Waals surface area contributed by atoms with Crippen LogP contribution in [-0.4, -0.2) is 36.5 Å². The zero-order valence-electron chi connectivity index (χ0n) is 11.5. The third-order valence-electron chi connectivity index (χ3n) is 3.24. The fourth-order valence-corrected chi connectivity index (χ4v) is 2.13. The number of likely N-dealkylation sites (N-methyl/N-ethyl adjacent to an activating group) is 1. The van der Waals surface area contributed by atoms with Crippen LogP contribution in [0.15, 0.2) is 24.3 Å². The summed E-state index contributed by atoms with van der Waals surface area (Å²) in [6.45, 7) is 0. The van der Waals surface area contributed by atoms with E-state index in [-0.39, 0.29) is 16.9 Å². The van der Waals surface area contributed by atoms with E-state index in [1.807, 2.05) is 0 Å². The van der Waals surface area contributed by atoms with E-state index in [0.717, 1.165) is 30.1 Å². The molecule has 1 aromatic carbocycles. The van der Waals surface area contributed by atoms with Crippen LogP contribution in [0.5, 0.6) is 0 Å². The zero-order chi connectivity index (χ0) is 17.6. The number of nitrogens with zero attached hydrogens (tertiary/aromatic N) is 1. The summed E-state index contributed by atoms with van der Waals surface area (Å²) in [5.41, 5.74) is -0.487. The summed E-state index contributed by atoms with van der Waals surface area (Å²) in [5, 5.41) is 11.2. The lowest BCUT2D eigenvalue weighted by atomic mass is 10.0. The summed E-state index contributed by atoms with van der Waals surface area (Å²) >= 11 is 0.